The molecule has 0 aliphatic carbocycles. The highest BCUT2D eigenvalue weighted by molar-refractivity contribution is 7.19. The fourth-order valence-electron chi connectivity index (χ4n) is 2.04. The summed E-state index contributed by atoms with van der Waals surface area (Å²) in [4.78, 5) is 28.1. The first-order chi connectivity index (χ1) is 9.70. The molecule has 0 saturated carbocycles. The number of nitrogens with two attached hydrogens (primary N) is 1. The van der Waals surface area contributed by atoms with Crippen LogP contribution in [0.25, 0.3) is 0 Å². The predicted octanol–water partition coefficient (Wildman–Crippen LogP) is 1.48. The van der Waals surface area contributed by atoms with Crippen LogP contribution in [0.15, 0.2) is 0 Å². The van der Waals surface area contributed by atoms with Crippen molar-refractivity contribution >= 4 is 33.8 Å². The van der Waals surface area contributed by atoms with Crippen LogP contribution in [0.5, 0.6) is 0 Å². The minimum absolute atomic E-state index is 0.188. The Balaban J connectivity index is 3.37. The van der Waals surface area contributed by atoms with Gasteiger partial charge in [-0.05, 0) is 5.92 Å². The lowest BCUT2D eigenvalue weighted by atomic mass is 10.2. The molecule has 6 nitrogen and oxygen atoms in total. The van der Waals surface area contributed by atoms with Crippen molar-refractivity contribution in [1.82, 2.24) is 10.2 Å². The van der Waals surface area contributed by atoms with Crippen LogP contribution >= 0.6 is 11.3 Å². The van der Waals surface area contributed by atoms with Crippen molar-refractivity contribution in [2.75, 3.05) is 45.4 Å². The van der Waals surface area contributed by atoms with Crippen molar-refractivity contribution in [2.24, 2.45) is 5.92 Å². The topological polar surface area (TPSA) is 78.7 Å². The number of hydrogen-bond donors (Lipinski definition) is 2. The maximum Gasteiger partial charge on any atom is 0.265 e. The zero-order valence-corrected chi connectivity index (χ0v) is 14.3. The summed E-state index contributed by atoms with van der Waals surface area (Å²) < 4.78 is 0. The van der Waals surface area contributed by atoms with Gasteiger partial charge in [0.15, 0.2) is 0 Å². The van der Waals surface area contributed by atoms with E-state index in [0.717, 1.165) is 11.5 Å². The van der Waals surface area contributed by atoms with Gasteiger partial charge in [-0.1, -0.05) is 13.8 Å². The molecule has 0 saturated heterocycles. The molecular formula is C14H24N4O2S. The number of rotatable bonds is 5. The molecule has 3 N–H and O–H groups in total. The fourth-order valence-corrected chi connectivity index (χ4v) is 3.25. The molecule has 0 unspecified atom stereocenters. The molecule has 0 atom stereocenters. The molecule has 0 radical (unpaired) electrons. The number of anilines is 2. The van der Waals surface area contributed by atoms with Gasteiger partial charge in [-0.15, -0.1) is 11.3 Å². The van der Waals surface area contributed by atoms with E-state index in [0.29, 0.717) is 16.4 Å². The van der Waals surface area contributed by atoms with Gasteiger partial charge in [-0.2, -0.15) is 0 Å². The molecule has 0 aromatic carbocycles. The van der Waals surface area contributed by atoms with Gasteiger partial charge in [0.1, 0.15) is 9.88 Å². The maximum absolute atomic E-state index is 12.2. The summed E-state index contributed by atoms with van der Waals surface area (Å²) in [6, 6.07) is 0. The average molecular weight is 312 g/mol. The van der Waals surface area contributed by atoms with E-state index in [-0.39, 0.29) is 17.5 Å². The van der Waals surface area contributed by atoms with Crippen molar-refractivity contribution < 1.29 is 9.59 Å². The molecule has 0 aliphatic heterocycles. The van der Waals surface area contributed by atoms with Crippen molar-refractivity contribution in [3.05, 3.63) is 10.4 Å². The molecule has 21 heavy (non-hydrogen) atoms. The fraction of sp³-hybridized carbons (Fsp3) is 0.571. The second kappa shape index (κ2) is 6.80. The quantitative estimate of drug-likeness (QED) is 0.863. The Labute approximate surface area is 129 Å². The third-order valence-electron chi connectivity index (χ3n) is 2.97. The van der Waals surface area contributed by atoms with Crippen molar-refractivity contribution in [3.63, 3.8) is 0 Å². The summed E-state index contributed by atoms with van der Waals surface area (Å²) >= 11 is 1.27. The maximum atomic E-state index is 12.2. The Morgan fingerprint density at radius 2 is 1.86 bits per heavy atom. The molecule has 1 aromatic rings. The third-order valence-corrected chi connectivity index (χ3v) is 4.27. The Morgan fingerprint density at radius 3 is 2.29 bits per heavy atom. The summed E-state index contributed by atoms with van der Waals surface area (Å²) in [5.41, 5.74) is 6.70. The molecule has 1 aromatic heterocycles. The highest BCUT2D eigenvalue weighted by Gasteiger charge is 2.27. The summed E-state index contributed by atoms with van der Waals surface area (Å²) in [5, 5.41) is 3.32. The SMILES string of the molecule is CNC(=O)c1c(N(C)CC(C)C)sc(C(=O)N(C)C)c1N. The van der Waals surface area contributed by atoms with E-state index in [1.807, 2.05) is 11.9 Å². The third kappa shape index (κ3) is 3.66. The van der Waals surface area contributed by atoms with Gasteiger partial charge >= 0.3 is 0 Å². The lowest BCUT2D eigenvalue weighted by Crippen LogP contribution is -2.26. The van der Waals surface area contributed by atoms with Gasteiger partial charge in [-0.3, -0.25) is 9.59 Å². The predicted molar refractivity (Wildman–Crippen MR) is 88.2 cm³/mol. The van der Waals surface area contributed by atoms with Crippen LogP contribution in [0, 0.1) is 5.92 Å². The van der Waals surface area contributed by atoms with Crippen LogP contribution in [0.3, 0.4) is 0 Å². The molecule has 118 valence electrons. The second-order valence-electron chi connectivity index (χ2n) is 5.58. The smallest absolute Gasteiger partial charge is 0.265 e. The van der Waals surface area contributed by atoms with Gasteiger partial charge in [-0.25, -0.2) is 0 Å². The van der Waals surface area contributed by atoms with E-state index in [4.69, 9.17) is 5.73 Å². The standard InChI is InChI=1S/C14H24N4O2S/c1-8(2)7-18(6)14-9(12(19)16-3)10(15)11(21-14)13(20)17(4)5/h8H,7,15H2,1-6H3,(H,16,19). The molecule has 2 amide bonds. The van der Waals surface area contributed by atoms with Crippen molar-refractivity contribution in [2.45, 2.75) is 13.8 Å². The van der Waals surface area contributed by atoms with Gasteiger partial charge < -0.3 is 20.9 Å². The van der Waals surface area contributed by atoms with Crippen molar-refractivity contribution in [1.29, 1.82) is 0 Å². The zero-order chi connectivity index (χ0) is 16.3. The van der Waals surface area contributed by atoms with Gasteiger partial charge in [0.2, 0.25) is 0 Å². The van der Waals surface area contributed by atoms with Crippen LogP contribution in [-0.4, -0.2) is 51.4 Å². The van der Waals surface area contributed by atoms with E-state index in [9.17, 15) is 9.59 Å². The minimum Gasteiger partial charge on any atom is -0.397 e. The molecule has 1 heterocycles. The molecule has 0 aliphatic rings. The molecule has 0 bridgehead atoms. The summed E-state index contributed by atoms with van der Waals surface area (Å²) in [6.45, 7) is 4.97. The van der Waals surface area contributed by atoms with E-state index < -0.39 is 0 Å². The molecule has 0 spiro atoms. The highest BCUT2D eigenvalue weighted by Crippen LogP contribution is 2.38. The average Bonchev–Trinajstić information content (AvgIpc) is 2.73. The Bertz CT molecular complexity index is 537. The number of hydrogen-bond acceptors (Lipinski definition) is 5. The first-order valence-corrected chi connectivity index (χ1v) is 7.59. The normalized spacial score (nSPS) is 10.6. The Morgan fingerprint density at radius 1 is 1.29 bits per heavy atom. The Hall–Kier alpha value is -1.76. The second-order valence-corrected chi connectivity index (χ2v) is 6.58. The molecule has 1 rings (SSSR count). The number of nitrogen functional groups attached to an aromatic ring is 1. The first kappa shape index (κ1) is 17.3. The van der Waals surface area contributed by atoms with E-state index in [2.05, 4.69) is 19.2 Å². The Kier molecular flexibility index (Phi) is 5.60. The summed E-state index contributed by atoms with van der Waals surface area (Å²) in [6.07, 6.45) is 0. The monoisotopic (exact) mass is 312 g/mol. The van der Waals surface area contributed by atoms with Crippen LogP contribution in [0.1, 0.15) is 33.9 Å². The summed E-state index contributed by atoms with van der Waals surface area (Å²) in [5.74, 6) is -0.0251. The lowest BCUT2D eigenvalue weighted by molar-refractivity contribution is 0.0833. The van der Waals surface area contributed by atoms with Gasteiger partial charge in [0.05, 0.1) is 11.3 Å². The minimum atomic E-state index is -0.271. The lowest BCUT2D eigenvalue weighted by Gasteiger charge is -2.21. The zero-order valence-electron chi connectivity index (χ0n) is 13.5. The van der Waals surface area contributed by atoms with E-state index in [1.54, 1.807) is 21.1 Å². The summed E-state index contributed by atoms with van der Waals surface area (Å²) in [7, 11) is 6.79. The molecule has 7 heteroatoms. The van der Waals surface area contributed by atoms with E-state index >= 15 is 0 Å². The van der Waals surface area contributed by atoms with Crippen LogP contribution in [-0.2, 0) is 0 Å². The van der Waals surface area contributed by atoms with Crippen molar-refractivity contribution in [3.8, 4) is 0 Å². The van der Waals surface area contributed by atoms with Gasteiger partial charge in [0, 0.05) is 34.7 Å². The van der Waals surface area contributed by atoms with Crippen LogP contribution in [0.2, 0.25) is 0 Å². The number of amides is 2. The van der Waals surface area contributed by atoms with Crippen LogP contribution in [0.4, 0.5) is 10.7 Å². The number of nitrogens with one attached hydrogen (secondary N) is 1. The molecule has 0 fully saturated rings. The largest absolute Gasteiger partial charge is 0.397 e. The van der Waals surface area contributed by atoms with Gasteiger partial charge in [0.25, 0.3) is 11.8 Å². The number of carbonyl (C=O) groups is 2. The molecular weight excluding hydrogens is 288 g/mol. The van der Waals surface area contributed by atoms with Crippen LogP contribution < -0.4 is 16.0 Å². The number of nitrogens with zero attached hydrogens (tertiary/aromatic N) is 2. The number of thiophene rings is 1. The first-order valence-electron chi connectivity index (χ1n) is 6.77. The van der Waals surface area contributed by atoms with E-state index in [1.165, 1.54) is 16.2 Å². The highest BCUT2D eigenvalue weighted by atomic mass is 32.1. The number of carbonyl (C=O) groups excluding carboxylic acids is 2.